The molecule has 2 unspecified atom stereocenters. The van der Waals surface area contributed by atoms with Crippen molar-refractivity contribution in [1.82, 2.24) is 0 Å². The van der Waals surface area contributed by atoms with Gasteiger partial charge in [-0.25, -0.2) is 0 Å². The van der Waals surface area contributed by atoms with E-state index in [1.807, 2.05) is 31.2 Å². The van der Waals surface area contributed by atoms with Crippen molar-refractivity contribution < 1.29 is 14.3 Å². The van der Waals surface area contributed by atoms with Crippen LogP contribution in [0, 0.1) is 5.92 Å². The largest absolute Gasteiger partial charge is 0.494 e. The molecule has 1 aromatic carbocycles. The van der Waals surface area contributed by atoms with E-state index in [1.54, 1.807) is 0 Å². The van der Waals surface area contributed by atoms with Crippen LogP contribution in [-0.2, 0) is 9.53 Å². The highest BCUT2D eigenvalue weighted by atomic mass is 16.5. The van der Waals surface area contributed by atoms with Gasteiger partial charge in [-0.3, -0.25) is 4.79 Å². The summed E-state index contributed by atoms with van der Waals surface area (Å²) in [4.78, 5) is 11.9. The first-order valence-electron chi connectivity index (χ1n) is 6.07. The van der Waals surface area contributed by atoms with E-state index in [0.29, 0.717) is 19.8 Å². The quantitative estimate of drug-likeness (QED) is 0.836. The highest BCUT2D eigenvalue weighted by molar-refractivity contribution is 5.93. The van der Waals surface area contributed by atoms with Crippen molar-refractivity contribution in [2.75, 3.05) is 25.1 Å². The summed E-state index contributed by atoms with van der Waals surface area (Å²) in [6.07, 6.45) is 0. The van der Waals surface area contributed by atoms with E-state index in [4.69, 9.17) is 15.2 Å². The van der Waals surface area contributed by atoms with Gasteiger partial charge in [-0.15, -0.1) is 0 Å². The summed E-state index contributed by atoms with van der Waals surface area (Å²) in [6, 6.07) is 7.05. The lowest BCUT2D eigenvalue weighted by molar-refractivity contribution is -0.120. The third kappa shape index (κ3) is 3.00. The second-order valence-electron chi connectivity index (χ2n) is 4.25. The first-order valence-corrected chi connectivity index (χ1v) is 6.07. The van der Waals surface area contributed by atoms with Crippen molar-refractivity contribution in [3.8, 4) is 5.75 Å². The fraction of sp³-hybridized carbons (Fsp3) is 0.462. The van der Waals surface area contributed by atoms with Crippen LogP contribution in [0.1, 0.15) is 6.92 Å². The molecular weight excluding hydrogens is 232 g/mol. The van der Waals surface area contributed by atoms with Gasteiger partial charge < -0.3 is 20.5 Å². The first-order chi connectivity index (χ1) is 8.70. The average Bonchev–Trinajstić information content (AvgIpc) is 2.78. The minimum absolute atomic E-state index is 0.0934. The van der Waals surface area contributed by atoms with Gasteiger partial charge in [0.2, 0.25) is 5.91 Å². The van der Waals surface area contributed by atoms with E-state index in [9.17, 15) is 4.79 Å². The van der Waals surface area contributed by atoms with E-state index in [0.717, 1.165) is 11.4 Å². The standard InChI is InChI=1S/C13H18N2O3/c1-2-18-10-5-3-9(4-6-10)15-13(16)11-7-17-8-12(11)14/h3-6,11-12H,2,7-8,14H2,1H3,(H,15,16). The molecule has 2 rings (SSSR count). The summed E-state index contributed by atoms with van der Waals surface area (Å²) >= 11 is 0. The Morgan fingerprint density at radius 3 is 2.72 bits per heavy atom. The Balaban J connectivity index is 1.94. The molecule has 5 nitrogen and oxygen atoms in total. The van der Waals surface area contributed by atoms with Crippen LogP contribution in [0.5, 0.6) is 5.75 Å². The van der Waals surface area contributed by atoms with Gasteiger partial charge in [-0.05, 0) is 31.2 Å². The molecule has 1 heterocycles. The van der Waals surface area contributed by atoms with Crippen LogP contribution in [0.15, 0.2) is 24.3 Å². The van der Waals surface area contributed by atoms with Gasteiger partial charge in [0.1, 0.15) is 5.75 Å². The topological polar surface area (TPSA) is 73.6 Å². The minimum atomic E-state index is -0.267. The van der Waals surface area contributed by atoms with E-state index < -0.39 is 0 Å². The summed E-state index contributed by atoms with van der Waals surface area (Å²) in [5.74, 6) is 0.428. The van der Waals surface area contributed by atoms with Crippen molar-refractivity contribution in [1.29, 1.82) is 0 Å². The maximum atomic E-state index is 11.9. The molecule has 1 aromatic rings. The summed E-state index contributed by atoms with van der Waals surface area (Å²) in [5.41, 5.74) is 6.53. The predicted octanol–water partition coefficient (Wildman–Crippen LogP) is 0.997. The zero-order valence-corrected chi connectivity index (χ0v) is 10.4. The molecule has 0 radical (unpaired) electrons. The normalized spacial score (nSPS) is 22.8. The zero-order chi connectivity index (χ0) is 13.0. The summed E-state index contributed by atoms with van der Waals surface area (Å²) in [6.45, 7) is 3.39. The zero-order valence-electron chi connectivity index (χ0n) is 10.4. The summed E-state index contributed by atoms with van der Waals surface area (Å²) < 4.78 is 10.5. The number of benzene rings is 1. The van der Waals surface area contributed by atoms with Crippen molar-refractivity contribution in [2.45, 2.75) is 13.0 Å². The number of nitrogens with one attached hydrogen (secondary N) is 1. The number of rotatable bonds is 4. The molecule has 1 amide bonds. The number of carbonyl (C=O) groups excluding carboxylic acids is 1. The molecule has 1 fully saturated rings. The van der Waals surface area contributed by atoms with Gasteiger partial charge in [-0.2, -0.15) is 0 Å². The van der Waals surface area contributed by atoms with E-state index in [1.165, 1.54) is 0 Å². The molecule has 2 atom stereocenters. The van der Waals surface area contributed by atoms with Gasteiger partial charge in [-0.1, -0.05) is 0 Å². The number of carbonyl (C=O) groups is 1. The van der Waals surface area contributed by atoms with Gasteiger partial charge in [0, 0.05) is 11.7 Å². The van der Waals surface area contributed by atoms with E-state index in [-0.39, 0.29) is 17.9 Å². The molecule has 0 saturated carbocycles. The lowest BCUT2D eigenvalue weighted by Crippen LogP contribution is -2.37. The molecule has 18 heavy (non-hydrogen) atoms. The van der Waals surface area contributed by atoms with Crippen molar-refractivity contribution in [2.24, 2.45) is 11.7 Å². The molecule has 1 aliphatic rings. The third-order valence-corrected chi connectivity index (χ3v) is 2.89. The molecule has 3 N–H and O–H groups in total. The minimum Gasteiger partial charge on any atom is -0.494 e. The van der Waals surface area contributed by atoms with Crippen LogP contribution in [0.2, 0.25) is 0 Å². The molecule has 0 spiro atoms. The van der Waals surface area contributed by atoms with Gasteiger partial charge in [0.25, 0.3) is 0 Å². The molecule has 1 aliphatic heterocycles. The van der Waals surface area contributed by atoms with E-state index >= 15 is 0 Å². The lowest BCUT2D eigenvalue weighted by atomic mass is 10.0. The molecule has 5 heteroatoms. The Morgan fingerprint density at radius 1 is 1.44 bits per heavy atom. The number of amides is 1. The van der Waals surface area contributed by atoms with Crippen LogP contribution in [0.3, 0.4) is 0 Å². The molecule has 0 bridgehead atoms. The molecule has 0 aromatic heterocycles. The number of hydrogen-bond donors (Lipinski definition) is 2. The second-order valence-corrected chi connectivity index (χ2v) is 4.25. The van der Waals surface area contributed by atoms with E-state index in [2.05, 4.69) is 5.32 Å². The Morgan fingerprint density at radius 2 is 2.17 bits per heavy atom. The third-order valence-electron chi connectivity index (χ3n) is 2.89. The summed E-state index contributed by atoms with van der Waals surface area (Å²) in [5, 5.41) is 2.83. The first kappa shape index (κ1) is 12.9. The lowest BCUT2D eigenvalue weighted by Gasteiger charge is -2.13. The molecule has 98 valence electrons. The van der Waals surface area contributed by atoms with Crippen LogP contribution in [0.4, 0.5) is 5.69 Å². The fourth-order valence-electron chi connectivity index (χ4n) is 1.88. The number of hydrogen-bond acceptors (Lipinski definition) is 4. The van der Waals surface area contributed by atoms with Gasteiger partial charge in [0.15, 0.2) is 0 Å². The number of anilines is 1. The highest BCUT2D eigenvalue weighted by Crippen LogP contribution is 2.18. The number of nitrogens with two attached hydrogens (primary N) is 1. The number of ether oxygens (including phenoxy) is 2. The Bertz CT molecular complexity index is 405. The SMILES string of the molecule is CCOc1ccc(NC(=O)C2COCC2N)cc1. The van der Waals surface area contributed by atoms with Crippen LogP contribution in [0.25, 0.3) is 0 Å². The summed E-state index contributed by atoms with van der Waals surface area (Å²) in [7, 11) is 0. The Labute approximate surface area is 106 Å². The van der Waals surface area contributed by atoms with Gasteiger partial charge >= 0.3 is 0 Å². The average molecular weight is 250 g/mol. The molecule has 0 aliphatic carbocycles. The maximum Gasteiger partial charge on any atom is 0.231 e. The monoisotopic (exact) mass is 250 g/mol. The molecular formula is C13H18N2O3. The van der Waals surface area contributed by atoms with Gasteiger partial charge in [0.05, 0.1) is 25.7 Å². The van der Waals surface area contributed by atoms with Crippen LogP contribution >= 0.6 is 0 Å². The highest BCUT2D eigenvalue weighted by Gasteiger charge is 2.31. The Kier molecular flexibility index (Phi) is 4.17. The maximum absolute atomic E-state index is 11.9. The fourth-order valence-corrected chi connectivity index (χ4v) is 1.88. The van der Waals surface area contributed by atoms with Crippen molar-refractivity contribution >= 4 is 11.6 Å². The van der Waals surface area contributed by atoms with Crippen molar-refractivity contribution in [3.63, 3.8) is 0 Å². The predicted molar refractivity (Wildman–Crippen MR) is 68.5 cm³/mol. The van der Waals surface area contributed by atoms with Crippen molar-refractivity contribution in [3.05, 3.63) is 24.3 Å². The smallest absolute Gasteiger partial charge is 0.231 e. The van der Waals surface area contributed by atoms with Crippen LogP contribution in [-0.4, -0.2) is 31.8 Å². The Hall–Kier alpha value is -1.59. The second kappa shape index (κ2) is 5.84. The molecule has 1 saturated heterocycles. The van der Waals surface area contributed by atoms with Crippen LogP contribution < -0.4 is 15.8 Å².